The average Bonchev–Trinajstić information content (AvgIpc) is 2.52. The number of rotatable bonds is 7. The van der Waals surface area contributed by atoms with Gasteiger partial charge in [0.15, 0.2) is 0 Å². The number of halogens is 2. The molecule has 24 heavy (non-hydrogen) atoms. The summed E-state index contributed by atoms with van der Waals surface area (Å²) in [6, 6.07) is 6.34. The lowest BCUT2D eigenvalue weighted by Crippen LogP contribution is -2.35. The Kier molecular flexibility index (Phi) is 5.37. The predicted molar refractivity (Wildman–Crippen MR) is 85.7 cm³/mol. The Hall–Kier alpha value is -1.83. The van der Waals surface area contributed by atoms with Crippen molar-refractivity contribution in [3.8, 4) is 0 Å². The molecule has 0 saturated carbocycles. The van der Waals surface area contributed by atoms with Crippen LogP contribution in [0.1, 0.15) is 19.5 Å². The molecule has 0 aliphatic rings. The highest BCUT2D eigenvalue weighted by Crippen LogP contribution is 2.62. The van der Waals surface area contributed by atoms with E-state index in [1.807, 2.05) is 0 Å². The Bertz CT molecular complexity index is 830. The van der Waals surface area contributed by atoms with Gasteiger partial charge in [0.25, 0.3) is 5.56 Å². The highest BCUT2D eigenvalue weighted by Gasteiger charge is 2.54. The monoisotopic (exact) mass is 361 g/mol. The number of alkyl halides is 2. The van der Waals surface area contributed by atoms with Crippen molar-refractivity contribution < 1.29 is 22.4 Å². The van der Waals surface area contributed by atoms with Crippen molar-refractivity contribution in [2.24, 2.45) is 0 Å². The van der Waals surface area contributed by atoms with Gasteiger partial charge in [-0.1, -0.05) is 12.1 Å². The third-order valence-electron chi connectivity index (χ3n) is 3.24. The predicted octanol–water partition coefficient (Wildman–Crippen LogP) is 2.51. The first-order chi connectivity index (χ1) is 11.3. The van der Waals surface area contributed by atoms with Crippen molar-refractivity contribution in [2.75, 3.05) is 19.1 Å². The molecule has 2 N–H and O–H groups in total. The molecule has 0 radical (unpaired) electrons. The van der Waals surface area contributed by atoms with Gasteiger partial charge >= 0.3 is 13.3 Å². The van der Waals surface area contributed by atoms with Crippen molar-refractivity contribution in [1.29, 1.82) is 0 Å². The molecule has 0 aliphatic carbocycles. The Labute approximate surface area is 136 Å². The first kappa shape index (κ1) is 18.5. The first-order valence-electron chi connectivity index (χ1n) is 7.28. The molecule has 0 amide bonds. The largest absolute Gasteiger partial charge is 0.399 e. The van der Waals surface area contributed by atoms with E-state index in [-0.39, 0.29) is 18.7 Å². The molecular weight excluding hydrogens is 343 g/mol. The highest BCUT2D eigenvalue weighted by atomic mass is 31.2. The average molecular weight is 361 g/mol. The number of benzene rings is 1. The Morgan fingerprint density at radius 1 is 1.25 bits per heavy atom. The molecule has 7 nitrogen and oxygen atoms in total. The van der Waals surface area contributed by atoms with Crippen LogP contribution >= 0.6 is 7.60 Å². The molecule has 1 aromatic heterocycles. The third-order valence-corrected chi connectivity index (χ3v) is 5.40. The van der Waals surface area contributed by atoms with Gasteiger partial charge in [0.2, 0.25) is 0 Å². The number of nitrogen functional groups attached to an aromatic ring is 1. The minimum atomic E-state index is -4.75. The molecule has 0 bridgehead atoms. The lowest BCUT2D eigenvalue weighted by atomic mass is 10.2. The summed E-state index contributed by atoms with van der Waals surface area (Å²) in [6.45, 7) is 2.39. The quantitative estimate of drug-likeness (QED) is 0.601. The zero-order chi connectivity index (χ0) is 18.0. The molecular formula is C14H18F2N3O4P. The smallest absolute Gasteiger partial charge is 0.336 e. The zero-order valence-corrected chi connectivity index (χ0v) is 14.1. The number of para-hydroxylation sites is 2. The molecule has 1 aromatic carbocycles. The van der Waals surface area contributed by atoms with E-state index in [0.717, 1.165) is 4.68 Å². The van der Waals surface area contributed by atoms with Gasteiger partial charge in [-0.15, -0.1) is 0 Å². The summed E-state index contributed by atoms with van der Waals surface area (Å²) in [7, 11) is -4.75. The second kappa shape index (κ2) is 6.96. The molecule has 0 unspecified atom stereocenters. The van der Waals surface area contributed by atoms with Crippen LogP contribution in [0.4, 0.5) is 8.78 Å². The SMILES string of the molecule is CCOP(=O)(OCC)C(F)(F)Cc1nc2ccccc2n(N)c1=O. The van der Waals surface area contributed by atoms with Crippen molar-refractivity contribution in [3.63, 3.8) is 0 Å². The van der Waals surface area contributed by atoms with Gasteiger partial charge in [-0.2, -0.15) is 8.78 Å². The first-order valence-corrected chi connectivity index (χ1v) is 8.82. The third kappa shape index (κ3) is 3.33. The van der Waals surface area contributed by atoms with Crippen LogP contribution in [0.15, 0.2) is 29.1 Å². The van der Waals surface area contributed by atoms with Gasteiger partial charge in [0.1, 0.15) is 5.69 Å². The number of nitrogens with two attached hydrogens (primary N) is 1. The van der Waals surface area contributed by atoms with Crippen LogP contribution in [-0.4, -0.2) is 28.5 Å². The number of hydrogen-bond donors (Lipinski definition) is 1. The summed E-state index contributed by atoms with van der Waals surface area (Å²) in [5.74, 6) is 5.65. The topological polar surface area (TPSA) is 96.4 Å². The normalized spacial score (nSPS) is 12.7. The van der Waals surface area contributed by atoms with Gasteiger partial charge in [0.05, 0.1) is 30.7 Å². The molecule has 132 valence electrons. The van der Waals surface area contributed by atoms with Crippen LogP contribution < -0.4 is 11.4 Å². The summed E-state index contributed by atoms with van der Waals surface area (Å²) >= 11 is 0. The fourth-order valence-corrected chi connectivity index (χ4v) is 3.66. The number of nitrogens with zero attached hydrogens (tertiary/aromatic N) is 2. The van der Waals surface area contributed by atoms with Gasteiger partial charge in [-0.3, -0.25) is 9.36 Å². The zero-order valence-electron chi connectivity index (χ0n) is 13.2. The molecule has 0 fully saturated rings. The minimum absolute atomic E-state index is 0.223. The molecule has 0 saturated heterocycles. The van der Waals surface area contributed by atoms with E-state index >= 15 is 0 Å². The fraction of sp³-hybridized carbons (Fsp3) is 0.429. The highest BCUT2D eigenvalue weighted by molar-refractivity contribution is 7.55. The van der Waals surface area contributed by atoms with Gasteiger partial charge < -0.3 is 14.9 Å². The van der Waals surface area contributed by atoms with Crippen LogP contribution in [-0.2, 0) is 20.0 Å². The number of fused-ring (bicyclic) bond motifs is 1. The molecule has 10 heteroatoms. The van der Waals surface area contributed by atoms with E-state index in [1.54, 1.807) is 12.1 Å². The Morgan fingerprint density at radius 2 is 1.83 bits per heavy atom. The van der Waals surface area contributed by atoms with Crippen LogP contribution in [0.2, 0.25) is 0 Å². The van der Waals surface area contributed by atoms with Gasteiger partial charge in [0, 0.05) is 0 Å². The summed E-state index contributed by atoms with van der Waals surface area (Å²) in [6.07, 6.45) is -1.20. The Balaban J connectivity index is 2.49. The summed E-state index contributed by atoms with van der Waals surface area (Å²) < 4.78 is 51.4. The standard InChI is InChI=1S/C14H18F2N3O4P/c1-3-22-24(21,23-4-2)14(15,16)9-11-13(20)19(17)12-8-6-5-7-10(12)18-11/h5-8H,3-4,9,17H2,1-2H3. The van der Waals surface area contributed by atoms with E-state index in [2.05, 4.69) is 14.0 Å². The number of hydrogen-bond acceptors (Lipinski definition) is 6. The molecule has 2 rings (SSSR count). The second-order valence-corrected chi connectivity index (χ2v) is 7.06. The summed E-state index contributed by atoms with van der Waals surface area (Å²) in [5, 5.41) is 0. The molecule has 2 aromatic rings. The maximum Gasteiger partial charge on any atom is 0.399 e. The second-order valence-electron chi connectivity index (χ2n) is 4.90. The number of aromatic nitrogens is 2. The Morgan fingerprint density at radius 3 is 2.42 bits per heavy atom. The van der Waals surface area contributed by atoms with E-state index in [0.29, 0.717) is 5.52 Å². The van der Waals surface area contributed by atoms with E-state index in [4.69, 9.17) is 5.84 Å². The summed E-state index contributed by atoms with van der Waals surface area (Å²) in [4.78, 5) is 16.1. The van der Waals surface area contributed by atoms with E-state index in [9.17, 15) is 18.1 Å². The van der Waals surface area contributed by atoms with Crippen LogP contribution in [0.3, 0.4) is 0 Å². The lowest BCUT2D eigenvalue weighted by Gasteiger charge is -2.25. The lowest BCUT2D eigenvalue weighted by molar-refractivity contribution is 0.0382. The van der Waals surface area contributed by atoms with Crippen molar-refractivity contribution >= 4 is 18.6 Å². The minimum Gasteiger partial charge on any atom is -0.336 e. The fourth-order valence-electron chi connectivity index (χ4n) is 2.18. The summed E-state index contributed by atoms with van der Waals surface area (Å²) in [5.41, 5.74) is -4.75. The molecule has 0 atom stereocenters. The van der Waals surface area contributed by atoms with Crippen LogP contribution in [0.25, 0.3) is 11.0 Å². The molecule has 0 spiro atoms. The van der Waals surface area contributed by atoms with Gasteiger partial charge in [-0.25, -0.2) is 9.66 Å². The van der Waals surface area contributed by atoms with Gasteiger partial charge in [-0.05, 0) is 26.0 Å². The maximum atomic E-state index is 14.5. The van der Waals surface area contributed by atoms with Crippen molar-refractivity contribution in [1.82, 2.24) is 9.66 Å². The molecule has 0 aliphatic heterocycles. The van der Waals surface area contributed by atoms with Crippen LogP contribution in [0, 0.1) is 0 Å². The van der Waals surface area contributed by atoms with Crippen LogP contribution in [0.5, 0.6) is 0 Å². The molecule has 1 heterocycles. The van der Waals surface area contributed by atoms with E-state index < -0.39 is 30.9 Å². The van der Waals surface area contributed by atoms with E-state index in [1.165, 1.54) is 26.0 Å². The van der Waals surface area contributed by atoms with Crippen molar-refractivity contribution in [2.45, 2.75) is 25.9 Å². The maximum absolute atomic E-state index is 14.5. The van der Waals surface area contributed by atoms with Crippen molar-refractivity contribution in [3.05, 3.63) is 40.3 Å².